The maximum absolute atomic E-state index is 4.03. The summed E-state index contributed by atoms with van der Waals surface area (Å²) in [6, 6.07) is 0.457. The molecule has 0 aromatic heterocycles. The molecule has 0 radical (unpaired) electrons. The highest BCUT2D eigenvalue weighted by Crippen LogP contribution is 2.24. The van der Waals surface area contributed by atoms with E-state index in [0.29, 0.717) is 6.04 Å². The van der Waals surface area contributed by atoms with Crippen molar-refractivity contribution in [2.24, 2.45) is 5.10 Å². The van der Waals surface area contributed by atoms with Crippen molar-refractivity contribution < 1.29 is 0 Å². The zero-order valence-electron chi connectivity index (χ0n) is 8.53. The van der Waals surface area contributed by atoms with Crippen molar-refractivity contribution in [1.29, 1.82) is 0 Å². The Morgan fingerprint density at radius 3 is 2.85 bits per heavy atom. The summed E-state index contributed by atoms with van der Waals surface area (Å²) in [7, 11) is 0. The molecule has 1 aliphatic heterocycles. The van der Waals surface area contributed by atoms with Gasteiger partial charge in [0.15, 0.2) is 0 Å². The third kappa shape index (κ3) is 2.20. The fourth-order valence-corrected chi connectivity index (χ4v) is 1.85. The van der Waals surface area contributed by atoms with Gasteiger partial charge in [-0.05, 0) is 32.3 Å². The quantitative estimate of drug-likeness (QED) is 0.479. The van der Waals surface area contributed by atoms with E-state index in [1.54, 1.807) is 0 Å². The second-order valence-electron chi connectivity index (χ2n) is 3.25. The molecule has 1 fully saturated rings. The number of hydrazone groups is 1. The summed E-state index contributed by atoms with van der Waals surface area (Å²) < 4.78 is 0. The van der Waals surface area contributed by atoms with Crippen LogP contribution in [0, 0.1) is 0 Å². The van der Waals surface area contributed by atoms with Gasteiger partial charge < -0.3 is 0 Å². The molecule has 0 spiro atoms. The third-order valence-corrected chi connectivity index (χ3v) is 2.48. The van der Waals surface area contributed by atoms with E-state index in [1.807, 2.05) is 6.92 Å². The van der Waals surface area contributed by atoms with E-state index in [-0.39, 0.29) is 0 Å². The van der Waals surface area contributed by atoms with Crippen LogP contribution in [0.1, 0.15) is 26.7 Å². The third-order valence-electron chi connectivity index (χ3n) is 2.48. The normalized spacial score (nSPS) is 24.3. The first-order valence-corrected chi connectivity index (χ1v) is 4.85. The lowest BCUT2D eigenvalue weighted by molar-refractivity contribution is 0.302. The molecule has 1 heterocycles. The average molecular weight is 178 g/mol. The Labute approximate surface area is 80.6 Å². The molecule has 1 saturated heterocycles. The van der Waals surface area contributed by atoms with Crippen LogP contribution in [0.15, 0.2) is 28.9 Å². The molecule has 1 atom stereocenters. The number of allylic oxidation sites excluding steroid dienone is 2. The van der Waals surface area contributed by atoms with Crippen LogP contribution >= 0.6 is 0 Å². The minimum atomic E-state index is 0.457. The topological polar surface area (TPSA) is 15.6 Å². The van der Waals surface area contributed by atoms with E-state index in [4.69, 9.17) is 0 Å². The van der Waals surface area contributed by atoms with Crippen LogP contribution in [0.25, 0.3) is 0 Å². The Morgan fingerprint density at radius 2 is 2.31 bits per heavy atom. The fraction of sp³-hybridized carbons (Fsp3) is 0.545. The molecular weight excluding hydrogens is 160 g/mol. The predicted molar refractivity (Wildman–Crippen MR) is 57.8 cm³/mol. The Balaban J connectivity index is 2.73. The van der Waals surface area contributed by atoms with Crippen LogP contribution in [0.2, 0.25) is 0 Å². The Morgan fingerprint density at radius 1 is 1.54 bits per heavy atom. The molecule has 0 amide bonds. The molecule has 0 aromatic carbocycles. The van der Waals surface area contributed by atoms with Crippen molar-refractivity contribution >= 4 is 6.72 Å². The molecule has 72 valence electrons. The molecule has 2 nitrogen and oxygen atoms in total. The van der Waals surface area contributed by atoms with E-state index < -0.39 is 0 Å². The first-order valence-electron chi connectivity index (χ1n) is 4.85. The van der Waals surface area contributed by atoms with Crippen LogP contribution in [0.3, 0.4) is 0 Å². The Bertz CT molecular complexity index is 228. The molecular formula is C11H18N2. The number of rotatable bonds is 3. The van der Waals surface area contributed by atoms with Gasteiger partial charge in [0.1, 0.15) is 0 Å². The van der Waals surface area contributed by atoms with E-state index in [9.17, 15) is 0 Å². The second kappa shape index (κ2) is 4.85. The lowest BCUT2D eigenvalue weighted by Gasteiger charge is -2.21. The van der Waals surface area contributed by atoms with Gasteiger partial charge >= 0.3 is 0 Å². The summed E-state index contributed by atoms with van der Waals surface area (Å²) in [4.78, 5) is 0. The minimum Gasteiger partial charge on any atom is -0.290 e. The van der Waals surface area contributed by atoms with E-state index in [0.717, 1.165) is 6.54 Å². The largest absolute Gasteiger partial charge is 0.290 e. The van der Waals surface area contributed by atoms with Gasteiger partial charge in [-0.3, -0.25) is 5.01 Å². The van der Waals surface area contributed by atoms with Gasteiger partial charge in [0.2, 0.25) is 0 Å². The lowest BCUT2D eigenvalue weighted by atomic mass is 10.0. The van der Waals surface area contributed by atoms with Gasteiger partial charge in [0, 0.05) is 13.3 Å². The molecule has 0 N–H and O–H groups in total. The molecule has 0 aliphatic carbocycles. The molecule has 1 aliphatic rings. The smallest absolute Gasteiger partial charge is 0.0717 e. The molecule has 0 bridgehead atoms. The Kier molecular flexibility index (Phi) is 3.74. The maximum Gasteiger partial charge on any atom is 0.0717 e. The number of nitrogens with zero attached hydrogens (tertiary/aromatic N) is 2. The maximum atomic E-state index is 4.03. The van der Waals surface area contributed by atoms with Crippen LogP contribution < -0.4 is 0 Å². The standard InChI is InChI=1S/C11H18N2/c1-4-7-10(5-2)11-8-6-9-13(11)12-3/h4-5,7,11H,3,6,8-9H2,1-2H3/b7-4-,10-5+. The minimum absolute atomic E-state index is 0.457. The summed E-state index contributed by atoms with van der Waals surface area (Å²) in [5.74, 6) is 0. The summed E-state index contributed by atoms with van der Waals surface area (Å²) >= 11 is 0. The van der Waals surface area contributed by atoms with E-state index in [2.05, 4.69) is 42.0 Å². The number of hydrogen-bond donors (Lipinski definition) is 0. The number of hydrogen-bond acceptors (Lipinski definition) is 2. The van der Waals surface area contributed by atoms with Crippen molar-refractivity contribution in [1.82, 2.24) is 5.01 Å². The summed E-state index contributed by atoms with van der Waals surface area (Å²) in [5, 5.41) is 6.11. The monoisotopic (exact) mass is 178 g/mol. The molecule has 1 unspecified atom stereocenters. The molecule has 0 saturated carbocycles. The van der Waals surface area contributed by atoms with Gasteiger partial charge in [0.25, 0.3) is 0 Å². The van der Waals surface area contributed by atoms with Crippen molar-refractivity contribution in [2.75, 3.05) is 6.54 Å². The van der Waals surface area contributed by atoms with E-state index in [1.165, 1.54) is 18.4 Å². The molecule has 2 heteroatoms. The van der Waals surface area contributed by atoms with Gasteiger partial charge in [-0.1, -0.05) is 18.2 Å². The predicted octanol–water partition coefficient (Wildman–Crippen LogP) is 2.59. The van der Waals surface area contributed by atoms with Crippen LogP contribution in [0.5, 0.6) is 0 Å². The Hall–Kier alpha value is -1.05. The van der Waals surface area contributed by atoms with Crippen LogP contribution in [0.4, 0.5) is 0 Å². The average Bonchev–Trinajstić information content (AvgIpc) is 2.61. The van der Waals surface area contributed by atoms with Gasteiger partial charge in [-0.2, -0.15) is 5.10 Å². The molecule has 0 aromatic rings. The van der Waals surface area contributed by atoms with Crippen molar-refractivity contribution in [2.45, 2.75) is 32.7 Å². The van der Waals surface area contributed by atoms with E-state index >= 15 is 0 Å². The highest BCUT2D eigenvalue weighted by atomic mass is 15.5. The molecule has 1 rings (SSSR count). The highest BCUT2D eigenvalue weighted by Gasteiger charge is 2.24. The van der Waals surface area contributed by atoms with Crippen molar-refractivity contribution in [3.8, 4) is 0 Å². The first kappa shape index (κ1) is 10.0. The zero-order chi connectivity index (χ0) is 9.68. The van der Waals surface area contributed by atoms with Gasteiger partial charge in [0.05, 0.1) is 6.04 Å². The van der Waals surface area contributed by atoms with Gasteiger partial charge in [-0.25, -0.2) is 0 Å². The van der Waals surface area contributed by atoms with Crippen LogP contribution in [-0.4, -0.2) is 24.3 Å². The van der Waals surface area contributed by atoms with Crippen LogP contribution in [-0.2, 0) is 0 Å². The van der Waals surface area contributed by atoms with Crippen molar-refractivity contribution in [3.63, 3.8) is 0 Å². The lowest BCUT2D eigenvalue weighted by Crippen LogP contribution is -2.24. The highest BCUT2D eigenvalue weighted by molar-refractivity contribution is 5.27. The van der Waals surface area contributed by atoms with Gasteiger partial charge in [-0.15, -0.1) is 0 Å². The zero-order valence-corrected chi connectivity index (χ0v) is 8.53. The SMILES string of the molecule is C=NN1CCCC1C(/C=C\C)=C/C. The van der Waals surface area contributed by atoms with Crippen molar-refractivity contribution in [3.05, 3.63) is 23.8 Å². The second-order valence-corrected chi connectivity index (χ2v) is 3.25. The molecule has 13 heavy (non-hydrogen) atoms. The summed E-state index contributed by atoms with van der Waals surface area (Å²) in [6.07, 6.45) is 8.82. The summed E-state index contributed by atoms with van der Waals surface area (Å²) in [5.41, 5.74) is 1.35. The first-order chi connectivity index (χ1) is 6.33. The fourth-order valence-electron chi connectivity index (χ4n) is 1.85. The summed E-state index contributed by atoms with van der Waals surface area (Å²) in [6.45, 7) is 8.76.